The van der Waals surface area contributed by atoms with E-state index in [1.165, 1.54) is 0 Å². The molecule has 3 heterocycles. The second kappa shape index (κ2) is 6.54. The minimum Gasteiger partial charge on any atom is -0.493 e. The Hall–Kier alpha value is -2.93. The van der Waals surface area contributed by atoms with E-state index in [-0.39, 0.29) is 12.4 Å². The van der Waals surface area contributed by atoms with Crippen LogP contribution < -0.4 is 23.7 Å². The molecular formula is C23H24O7. The summed E-state index contributed by atoms with van der Waals surface area (Å²) in [5.74, 6) is 2.36. The van der Waals surface area contributed by atoms with Gasteiger partial charge in [-0.3, -0.25) is 4.79 Å². The summed E-state index contributed by atoms with van der Waals surface area (Å²) < 4.78 is 28.9. The average molecular weight is 412 g/mol. The molecule has 3 aliphatic rings. The Balaban J connectivity index is 1.56. The molecule has 0 aromatic heterocycles. The molecule has 1 N–H and O–H groups in total. The number of hydrogen-bond donors (Lipinski definition) is 1. The van der Waals surface area contributed by atoms with Crippen molar-refractivity contribution < 1.29 is 33.6 Å². The van der Waals surface area contributed by atoms with Gasteiger partial charge in [0.05, 0.1) is 31.3 Å². The lowest BCUT2D eigenvalue weighted by atomic mass is 9.81. The van der Waals surface area contributed by atoms with Gasteiger partial charge >= 0.3 is 0 Å². The van der Waals surface area contributed by atoms with Gasteiger partial charge in [0.15, 0.2) is 17.3 Å². The Morgan fingerprint density at radius 3 is 2.50 bits per heavy atom. The van der Waals surface area contributed by atoms with Crippen LogP contribution in [-0.4, -0.2) is 49.5 Å². The maximum Gasteiger partial charge on any atom is 0.178 e. The lowest BCUT2D eigenvalue weighted by Gasteiger charge is -2.37. The fraction of sp³-hybridized carbons (Fsp3) is 0.435. The first-order valence-electron chi connectivity index (χ1n) is 9.96. The van der Waals surface area contributed by atoms with Crippen LogP contribution in [0.15, 0.2) is 24.3 Å². The van der Waals surface area contributed by atoms with E-state index in [4.69, 9.17) is 23.7 Å². The third kappa shape index (κ3) is 2.72. The smallest absolute Gasteiger partial charge is 0.178 e. The third-order valence-electron chi connectivity index (χ3n) is 6.11. The standard InChI is InChI=1S/C23H24O7/c1-23(2,25)19-8-13-14(29-19)6-5-11-21(24)20-12-7-16(26-3)17(27-4)9-15(12)28-10-18(20)30-22(11)13/h5-7,9,18-20,25H,8,10H2,1-4H3/t18-,19-,20+/m1/s1. The van der Waals surface area contributed by atoms with Crippen molar-refractivity contribution in [2.75, 3.05) is 20.8 Å². The van der Waals surface area contributed by atoms with Crippen LogP contribution in [0.1, 0.15) is 41.3 Å². The first-order chi connectivity index (χ1) is 14.3. The van der Waals surface area contributed by atoms with Gasteiger partial charge in [0.2, 0.25) is 0 Å². The van der Waals surface area contributed by atoms with Crippen molar-refractivity contribution in [1.29, 1.82) is 0 Å². The fourth-order valence-corrected chi connectivity index (χ4v) is 4.46. The van der Waals surface area contributed by atoms with Crippen molar-refractivity contribution in [3.63, 3.8) is 0 Å². The molecule has 0 fully saturated rings. The minimum atomic E-state index is -1.00. The molecular weight excluding hydrogens is 388 g/mol. The number of hydrogen-bond acceptors (Lipinski definition) is 7. The maximum absolute atomic E-state index is 13.5. The van der Waals surface area contributed by atoms with E-state index in [1.54, 1.807) is 52.3 Å². The van der Waals surface area contributed by atoms with Crippen molar-refractivity contribution in [2.24, 2.45) is 0 Å². The van der Waals surface area contributed by atoms with Crippen LogP contribution in [0, 0.1) is 0 Å². The first kappa shape index (κ1) is 19.1. The Bertz CT molecular complexity index is 1040. The van der Waals surface area contributed by atoms with Gasteiger partial charge in [0.1, 0.15) is 36.1 Å². The number of ketones is 1. The number of fused-ring (bicyclic) bond motifs is 6. The molecule has 2 aromatic carbocycles. The summed E-state index contributed by atoms with van der Waals surface area (Å²) in [5.41, 5.74) is 1.07. The summed E-state index contributed by atoms with van der Waals surface area (Å²) in [6.45, 7) is 3.68. The second-order valence-corrected chi connectivity index (χ2v) is 8.44. The summed E-state index contributed by atoms with van der Waals surface area (Å²) in [6.07, 6.45) is -0.367. The first-order valence-corrected chi connectivity index (χ1v) is 9.96. The van der Waals surface area contributed by atoms with Crippen LogP contribution in [0.3, 0.4) is 0 Å². The van der Waals surface area contributed by atoms with Crippen LogP contribution in [0.4, 0.5) is 0 Å². The molecule has 3 atom stereocenters. The van der Waals surface area contributed by atoms with Crippen LogP contribution in [-0.2, 0) is 6.42 Å². The number of carbonyl (C=O) groups is 1. The number of benzene rings is 2. The zero-order valence-corrected chi connectivity index (χ0v) is 17.4. The second-order valence-electron chi connectivity index (χ2n) is 8.44. The molecule has 0 bridgehead atoms. The number of aliphatic hydroxyl groups is 1. The lowest BCUT2D eigenvalue weighted by molar-refractivity contribution is -0.0230. The van der Waals surface area contributed by atoms with Crippen molar-refractivity contribution in [3.8, 4) is 28.7 Å². The third-order valence-corrected chi connectivity index (χ3v) is 6.11. The maximum atomic E-state index is 13.5. The summed E-state index contributed by atoms with van der Waals surface area (Å²) in [6, 6.07) is 7.07. The van der Waals surface area contributed by atoms with Gasteiger partial charge < -0.3 is 28.8 Å². The van der Waals surface area contributed by atoms with Gasteiger partial charge in [0.25, 0.3) is 0 Å². The molecule has 7 heteroatoms. The topological polar surface area (TPSA) is 83.5 Å². The van der Waals surface area contributed by atoms with Crippen LogP contribution in [0.25, 0.3) is 0 Å². The Labute approximate surface area is 174 Å². The SMILES string of the molecule is COc1cc2c(cc1OC)[C@@H]1C(=O)c3ccc4c(c3O[C@@H]1CO2)C[C@H](C(C)(C)O)O4. The van der Waals surface area contributed by atoms with Gasteiger partial charge in [-0.1, -0.05) is 0 Å². The number of Topliss-reactive ketones (excluding diaryl/α,β-unsaturated/α-hetero) is 1. The number of methoxy groups -OCH3 is 2. The van der Waals surface area contributed by atoms with E-state index in [9.17, 15) is 9.90 Å². The van der Waals surface area contributed by atoms with Crippen molar-refractivity contribution in [1.82, 2.24) is 0 Å². The molecule has 30 heavy (non-hydrogen) atoms. The molecule has 0 radical (unpaired) electrons. The van der Waals surface area contributed by atoms with Gasteiger partial charge in [-0.15, -0.1) is 0 Å². The highest BCUT2D eigenvalue weighted by molar-refractivity contribution is 6.06. The van der Waals surface area contributed by atoms with E-state index in [1.807, 2.05) is 0 Å². The van der Waals surface area contributed by atoms with Crippen molar-refractivity contribution >= 4 is 5.78 Å². The van der Waals surface area contributed by atoms with Gasteiger partial charge in [-0.2, -0.15) is 0 Å². The largest absolute Gasteiger partial charge is 0.493 e. The number of ether oxygens (including phenoxy) is 5. The molecule has 3 aliphatic heterocycles. The molecule has 158 valence electrons. The van der Waals surface area contributed by atoms with Crippen molar-refractivity contribution in [3.05, 3.63) is 41.0 Å². The molecule has 0 saturated heterocycles. The molecule has 0 spiro atoms. The quantitative estimate of drug-likeness (QED) is 0.830. The molecule has 5 rings (SSSR count). The fourth-order valence-electron chi connectivity index (χ4n) is 4.46. The summed E-state index contributed by atoms with van der Waals surface area (Å²) >= 11 is 0. The predicted octanol–water partition coefficient (Wildman–Crippen LogP) is 2.90. The summed E-state index contributed by atoms with van der Waals surface area (Å²) in [7, 11) is 3.12. The zero-order chi connectivity index (χ0) is 21.2. The Kier molecular flexibility index (Phi) is 4.15. The van der Waals surface area contributed by atoms with Crippen LogP contribution in [0.5, 0.6) is 28.7 Å². The lowest BCUT2D eigenvalue weighted by Crippen LogP contribution is -2.43. The zero-order valence-electron chi connectivity index (χ0n) is 17.4. The van der Waals surface area contributed by atoms with E-state index in [2.05, 4.69) is 0 Å². The highest BCUT2D eigenvalue weighted by atomic mass is 16.5. The Morgan fingerprint density at radius 2 is 1.80 bits per heavy atom. The minimum absolute atomic E-state index is 0.0208. The van der Waals surface area contributed by atoms with Gasteiger partial charge in [-0.25, -0.2) is 0 Å². The van der Waals surface area contributed by atoms with E-state index >= 15 is 0 Å². The predicted molar refractivity (Wildman–Crippen MR) is 107 cm³/mol. The highest BCUT2D eigenvalue weighted by Crippen LogP contribution is 2.50. The van der Waals surface area contributed by atoms with Crippen molar-refractivity contribution in [2.45, 2.75) is 44.0 Å². The highest BCUT2D eigenvalue weighted by Gasteiger charge is 2.46. The van der Waals surface area contributed by atoms with E-state index in [0.29, 0.717) is 40.7 Å². The number of rotatable bonds is 3. The molecule has 0 aliphatic carbocycles. The molecule has 7 nitrogen and oxygen atoms in total. The normalized spacial score (nSPS) is 23.8. The van der Waals surface area contributed by atoms with Crippen LogP contribution in [0.2, 0.25) is 0 Å². The molecule has 0 saturated carbocycles. The van der Waals surface area contributed by atoms with Gasteiger partial charge in [-0.05, 0) is 32.0 Å². The average Bonchev–Trinajstić information content (AvgIpc) is 3.18. The monoisotopic (exact) mass is 412 g/mol. The van der Waals surface area contributed by atoms with E-state index in [0.717, 1.165) is 11.1 Å². The van der Waals surface area contributed by atoms with Gasteiger partial charge in [0, 0.05) is 23.6 Å². The number of carbonyl (C=O) groups excluding carboxylic acids is 1. The Morgan fingerprint density at radius 1 is 1.07 bits per heavy atom. The summed E-state index contributed by atoms with van der Waals surface area (Å²) in [4.78, 5) is 13.5. The molecule has 0 amide bonds. The van der Waals surface area contributed by atoms with E-state index < -0.39 is 23.7 Å². The summed E-state index contributed by atoms with van der Waals surface area (Å²) in [5, 5.41) is 10.4. The van der Waals surface area contributed by atoms with Crippen LogP contribution >= 0.6 is 0 Å². The molecule has 0 unspecified atom stereocenters. The molecule has 2 aromatic rings.